The van der Waals surface area contributed by atoms with Crippen LogP contribution in [-0.4, -0.2) is 24.7 Å². The summed E-state index contributed by atoms with van der Waals surface area (Å²) < 4.78 is 1.23. The van der Waals surface area contributed by atoms with Crippen molar-refractivity contribution in [1.82, 2.24) is 5.32 Å². The van der Waals surface area contributed by atoms with Gasteiger partial charge in [0, 0.05) is 33.3 Å². The number of rotatable bonds is 2. The third-order valence-electron chi connectivity index (χ3n) is 3.51. The van der Waals surface area contributed by atoms with E-state index in [2.05, 4.69) is 59.6 Å². The third-order valence-corrected chi connectivity index (χ3v) is 4.61. The standard InChI is InChI=1S/C14H20ClIN2/c1-4-11-8-17-14(2,3)9-18(11)13-6-5-10(15)7-12(13)16/h5-7,11,17H,4,8-9H2,1-3H3. The SMILES string of the molecule is CCC1CNC(C)(C)CN1c1ccc(Cl)cc1I. The molecule has 1 aromatic carbocycles. The zero-order chi connectivity index (χ0) is 13.3. The van der Waals surface area contributed by atoms with E-state index in [1.807, 2.05) is 12.1 Å². The average Bonchev–Trinajstić information content (AvgIpc) is 2.28. The van der Waals surface area contributed by atoms with Crippen LogP contribution < -0.4 is 10.2 Å². The van der Waals surface area contributed by atoms with Crippen molar-refractivity contribution >= 4 is 39.9 Å². The van der Waals surface area contributed by atoms with E-state index in [4.69, 9.17) is 11.6 Å². The Bertz CT molecular complexity index is 434. The van der Waals surface area contributed by atoms with Gasteiger partial charge in [0.1, 0.15) is 0 Å². The van der Waals surface area contributed by atoms with Gasteiger partial charge in [-0.2, -0.15) is 0 Å². The Morgan fingerprint density at radius 2 is 2.22 bits per heavy atom. The van der Waals surface area contributed by atoms with E-state index >= 15 is 0 Å². The minimum atomic E-state index is 0.161. The van der Waals surface area contributed by atoms with Crippen LogP contribution in [0.4, 0.5) is 5.69 Å². The van der Waals surface area contributed by atoms with Crippen LogP contribution in [0.3, 0.4) is 0 Å². The molecule has 1 heterocycles. The molecule has 0 spiro atoms. The van der Waals surface area contributed by atoms with Crippen molar-refractivity contribution in [3.8, 4) is 0 Å². The van der Waals surface area contributed by atoms with Crippen LogP contribution in [0, 0.1) is 3.57 Å². The molecule has 1 fully saturated rings. The first-order chi connectivity index (χ1) is 8.43. The van der Waals surface area contributed by atoms with Gasteiger partial charge in [-0.25, -0.2) is 0 Å². The van der Waals surface area contributed by atoms with Gasteiger partial charge in [-0.3, -0.25) is 0 Å². The first-order valence-corrected chi connectivity index (χ1v) is 7.85. The maximum absolute atomic E-state index is 6.05. The Kier molecular flexibility index (Phi) is 4.44. The van der Waals surface area contributed by atoms with Crippen LogP contribution in [-0.2, 0) is 0 Å². The highest BCUT2D eigenvalue weighted by Crippen LogP contribution is 2.30. The molecule has 0 aliphatic carbocycles. The van der Waals surface area contributed by atoms with Gasteiger partial charge in [-0.1, -0.05) is 18.5 Å². The van der Waals surface area contributed by atoms with E-state index in [1.165, 1.54) is 9.26 Å². The number of halogens is 2. The van der Waals surface area contributed by atoms with Crippen LogP contribution in [0.25, 0.3) is 0 Å². The lowest BCUT2D eigenvalue weighted by atomic mass is 9.97. The first-order valence-electron chi connectivity index (χ1n) is 6.39. The number of nitrogens with one attached hydrogen (secondary N) is 1. The molecule has 0 saturated carbocycles. The Morgan fingerprint density at radius 3 is 2.83 bits per heavy atom. The van der Waals surface area contributed by atoms with Gasteiger partial charge in [0.15, 0.2) is 0 Å². The van der Waals surface area contributed by atoms with Gasteiger partial charge in [0.25, 0.3) is 0 Å². The fourth-order valence-corrected chi connectivity index (χ4v) is 3.66. The fraction of sp³-hybridized carbons (Fsp3) is 0.571. The molecule has 1 aliphatic rings. The van der Waals surface area contributed by atoms with E-state index in [9.17, 15) is 0 Å². The van der Waals surface area contributed by atoms with Crippen molar-refractivity contribution in [2.24, 2.45) is 0 Å². The summed E-state index contributed by atoms with van der Waals surface area (Å²) in [6.07, 6.45) is 1.15. The molecule has 1 atom stereocenters. The monoisotopic (exact) mass is 378 g/mol. The summed E-state index contributed by atoms with van der Waals surface area (Å²) in [6.45, 7) is 8.84. The molecule has 1 aliphatic heterocycles. The summed E-state index contributed by atoms with van der Waals surface area (Å²) in [5.74, 6) is 0. The smallest absolute Gasteiger partial charge is 0.0506 e. The van der Waals surface area contributed by atoms with E-state index in [0.29, 0.717) is 6.04 Å². The van der Waals surface area contributed by atoms with Gasteiger partial charge in [-0.05, 0) is 61.1 Å². The number of piperazine rings is 1. The summed E-state index contributed by atoms with van der Waals surface area (Å²) in [4.78, 5) is 2.52. The lowest BCUT2D eigenvalue weighted by molar-refractivity contribution is 0.306. The maximum Gasteiger partial charge on any atom is 0.0506 e. The number of anilines is 1. The first kappa shape index (κ1) is 14.4. The summed E-state index contributed by atoms with van der Waals surface area (Å²) in [6, 6.07) is 6.74. The second kappa shape index (κ2) is 5.55. The molecule has 2 rings (SSSR count). The molecule has 0 amide bonds. The van der Waals surface area contributed by atoms with E-state index < -0.39 is 0 Å². The molecule has 1 unspecified atom stereocenters. The Morgan fingerprint density at radius 1 is 1.50 bits per heavy atom. The molecule has 18 heavy (non-hydrogen) atoms. The van der Waals surface area contributed by atoms with Crippen LogP contribution >= 0.6 is 34.2 Å². The van der Waals surface area contributed by atoms with Gasteiger partial charge >= 0.3 is 0 Å². The van der Waals surface area contributed by atoms with Gasteiger partial charge in [0.2, 0.25) is 0 Å². The Balaban J connectivity index is 2.32. The van der Waals surface area contributed by atoms with Crippen molar-refractivity contribution in [1.29, 1.82) is 0 Å². The zero-order valence-electron chi connectivity index (χ0n) is 11.1. The summed E-state index contributed by atoms with van der Waals surface area (Å²) in [5.41, 5.74) is 1.47. The Hall–Kier alpha value is -0.000000000000000111. The van der Waals surface area contributed by atoms with E-state index in [-0.39, 0.29) is 5.54 Å². The molecule has 0 aromatic heterocycles. The predicted molar refractivity (Wildman–Crippen MR) is 87.7 cm³/mol. The topological polar surface area (TPSA) is 15.3 Å². The lowest BCUT2D eigenvalue weighted by Crippen LogP contribution is -2.61. The largest absolute Gasteiger partial charge is 0.365 e. The van der Waals surface area contributed by atoms with E-state index in [1.54, 1.807) is 0 Å². The molecule has 1 saturated heterocycles. The molecule has 0 bridgehead atoms. The highest BCUT2D eigenvalue weighted by molar-refractivity contribution is 14.1. The molecule has 2 nitrogen and oxygen atoms in total. The maximum atomic E-state index is 6.05. The van der Waals surface area contributed by atoms with Crippen molar-refractivity contribution < 1.29 is 0 Å². The normalized spacial score (nSPS) is 23.2. The zero-order valence-corrected chi connectivity index (χ0v) is 14.0. The van der Waals surface area contributed by atoms with Crippen LogP contribution in [0.5, 0.6) is 0 Å². The fourth-order valence-electron chi connectivity index (χ4n) is 2.48. The molecular formula is C14H20ClIN2. The van der Waals surface area contributed by atoms with Gasteiger partial charge < -0.3 is 10.2 Å². The molecule has 1 N–H and O–H groups in total. The van der Waals surface area contributed by atoms with Crippen LogP contribution in [0.1, 0.15) is 27.2 Å². The van der Waals surface area contributed by atoms with Crippen LogP contribution in [0.2, 0.25) is 5.02 Å². The molecule has 4 heteroatoms. The van der Waals surface area contributed by atoms with Crippen molar-refractivity contribution in [3.63, 3.8) is 0 Å². The number of benzene rings is 1. The minimum Gasteiger partial charge on any atom is -0.365 e. The summed E-state index contributed by atoms with van der Waals surface area (Å²) in [5, 5.41) is 4.43. The van der Waals surface area contributed by atoms with Gasteiger partial charge in [0.05, 0.1) is 5.69 Å². The predicted octanol–water partition coefficient (Wildman–Crippen LogP) is 3.91. The quantitative estimate of drug-likeness (QED) is 0.785. The van der Waals surface area contributed by atoms with Crippen LogP contribution in [0.15, 0.2) is 18.2 Å². The summed E-state index contributed by atoms with van der Waals surface area (Å²) in [7, 11) is 0. The average molecular weight is 379 g/mol. The molecule has 1 aromatic rings. The highest BCUT2D eigenvalue weighted by atomic mass is 127. The van der Waals surface area contributed by atoms with Gasteiger partial charge in [-0.15, -0.1) is 0 Å². The third kappa shape index (κ3) is 3.11. The Labute approximate surface area is 128 Å². The highest BCUT2D eigenvalue weighted by Gasteiger charge is 2.32. The molecule has 0 radical (unpaired) electrons. The van der Waals surface area contributed by atoms with Crippen molar-refractivity contribution in [2.45, 2.75) is 38.8 Å². The van der Waals surface area contributed by atoms with E-state index in [0.717, 1.165) is 24.5 Å². The lowest BCUT2D eigenvalue weighted by Gasteiger charge is -2.46. The molecule has 100 valence electrons. The summed E-state index contributed by atoms with van der Waals surface area (Å²) >= 11 is 8.43. The second-order valence-corrected chi connectivity index (χ2v) is 7.15. The number of hydrogen-bond donors (Lipinski definition) is 1. The minimum absolute atomic E-state index is 0.161. The van der Waals surface area contributed by atoms with Crippen molar-refractivity contribution in [3.05, 3.63) is 26.8 Å². The number of nitrogens with zero attached hydrogens (tertiary/aromatic N) is 1. The second-order valence-electron chi connectivity index (χ2n) is 5.55. The van der Waals surface area contributed by atoms with Crippen molar-refractivity contribution in [2.75, 3.05) is 18.0 Å². The number of hydrogen-bond acceptors (Lipinski definition) is 2. The molecular weight excluding hydrogens is 359 g/mol.